The van der Waals surface area contributed by atoms with E-state index in [0.717, 1.165) is 0 Å². The summed E-state index contributed by atoms with van der Waals surface area (Å²) in [5.74, 6) is 0.621. The number of rotatable bonds is 4. The summed E-state index contributed by atoms with van der Waals surface area (Å²) in [5, 5.41) is 0. The van der Waals surface area contributed by atoms with Crippen molar-refractivity contribution in [1.82, 2.24) is 9.88 Å². The van der Waals surface area contributed by atoms with Crippen LogP contribution in [0.2, 0.25) is 0 Å². The molecule has 1 aliphatic rings. The molecule has 1 fully saturated rings. The lowest BCUT2D eigenvalue weighted by Gasteiger charge is -2.30. The van der Waals surface area contributed by atoms with Crippen molar-refractivity contribution in [2.75, 3.05) is 13.1 Å². The molecule has 1 aliphatic heterocycles. The summed E-state index contributed by atoms with van der Waals surface area (Å²) in [6, 6.07) is 4.95. The molecule has 0 radical (unpaired) electrons. The fraction of sp³-hybridized carbons (Fsp3) is 0.706. The molecule has 1 aromatic heterocycles. The Labute approximate surface area is 118 Å². The Morgan fingerprint density at radius 3 is 2.21 bits per heavy atom. The van der Waals surface area contributed by atoms with E-state index in [1.165, 1.54) is 37.2 Å². The molecule has 1 unspecified atom stereocenters. The van der Waals surface area contributed by atoms with E-state index in [-0.39, 0.29) is 5.41 Å². The van der Waals surface area contributed by atoms with Crippen molar-refractivity contribution < 1.29 is 0 Å². The highest BCUT2D eigenvalue weighted by Crippen LogP contribution is 2.31. The van der Waals surface area contributed by atoms with Crippen LogP contribution in [0.25, 0.3) is 0 Å². The predicted octanol–water partition coefficient (Wildman–Crippen LogP) is 4.17. The maximum absolute atomic E-state index is 4.73. The van der Waals surface area contributed by atoms with Gasteiger partial charge in [0, 0.05) is 12.2 Å². The van der Waals surface area contributed by atoms with Crippen molar-refractivity contribution in [3.8, 4) is 0 Å². The largest absolute Gasteiger partial charge is 0.295 e. The molecular weight excluding hydrogens is 232 g/mol. The summed E-state index contributed by atoms with van der Waals surface area (Å²) in [6.07, 6.45) is 4.76. The van der Waals surface area contributed by atoms with Crippen LogP contribution in [0.3, 0.4) is 0 Å². The van der Waals surface area contributed by atoms with Crippen LogP contribution in [0.4, 0.5) is 0 Å². The van der Waals surface area contributed by atoms with Gasteiger partial charge < -0.3 is 0 Å². The minimum atomic E-state index is 0.197. The van der Waals surface area contributed by atoms with Gasteiger partial charge in [-0.25, -0.2) is 0 Å². The lowest BCUT2D eigenvalue weighted by atomic mass is 9.76. The molecule has 106 valence electrons. The number of nitrogens with zero attached hydrogens (tertiary/aromatic N) is 2. The van der Waals surface area contributed by atoms with Gasteiger partial charge in [0.15, 0.2) is 0 Å². The monoisotopic (exact) mass is 260 g/mol. The quantitative estimate of drug-likeness (QED) is 0.807. The molecule has 1 saturated heterocycles. The van der Waals surface area contributed by atoms with Crippen LogP contribution in [0, 0.1) is 5.92 Å². The maximum atomic E-state index is 4.73. The van der Waals surface area contributed by atoms with E-state index >= 15 is 0 Å². The Kier molecular flexibility index (Phi) is 4.29. The van der Waals surface area contributed by atoms with Gasteiger partial charge in [0.2, 0.25) is 0 Å². The molecule has 0 amide bonds. The fourth-order valence-corrected chi connectivity index (χ4v) is 2.68. The van der Waals surface area contributed by atoms with E-state index in [1.807, 2.05) is 0 Å². The topological polar surface area (TPSA) is 16.1 Å². The highest BCUT2D eigenvalue weighted by Gasteiger charge is 2.26. The van der Waals surface area contributed by atoms with Gasteiger partial charge in [0.05, 0.1) is 5.69 Å². The van der Waals surface area contributed by atoms with E-state index in [4.69, 9.17) is 4.98 Å². The molecule has 0 aliphatic carbocycles. The molecule has 2 nitrogen and oxygen atoms in total. The molecule has 0 aromatic carbocycles. The van der Waals surface area contributed by atoms with E-state index in [2.05, 4.69) is 57.8 Å². The van der Waals surface area contributed by atoms with Gasteiger partial charge in [-0.1, -0.05) is 33.8 Å². The van der Waals surface area contributed by atoms with Gasteiger partial charge in [0.25, 0.3) is 0 Å². The van der Waals surface area contributed by atoms with E-state index in [0.29, 0.717) is 12.0 Å². The van der Waals surface area contributed by atoms with Gasteiger partial charge in [-0.3, -0.25) is 9.88 Å². The molecule has 2 rings (SSSR count). The summed E-state index contributed by atoms with van der Waals surface area (Å²) in [4.78, 5) is 7.27. The second kappa shape index (κ2) is 5.62. The third kappa shape index (κ3) is 3.00. The average Bonchev–Trinajstić information content (AvgIpc) is 2.91. The van der Waals surface area contributed by atoms with Gasteiger partial charge in [-0.15, -0.1) is 0 Å². The smallest absolute Gasteiger partial charge is 0.0572 e. The third-order valence-corrected chi connectivity index (χ3v) is 5.09. The van der Waals surface area contributed by atoms with Crippen molar-refractivity contribution in [1.29, 1.82) is 0 Å². The van der Waals surface area contributed by atoms with Crippen LogP contribution < -0.4 is 0 Å². The molecule has 1 aromatic rings. The number of hydrogen-bond donors (Lipinski definition) is 0. The Hall–Kier alpha value is -0.890. The molecule has 2 heteroatoms. The van der Waals surface area contributed by atoms with E-state index < -0.39 is 0 Å². The molecule has 0 saturated carbocycles. The normalized spacial score (nSPS) is 19.1. The molecule has 0 N–H and O–H groups in total. The first-order valence-electron chi connectivity index (χ1n) is 7.63. The van der Waals surface area contributed by atoms with Crippen LogP contribution in [0.1, 0.15) is 64.8 Å². The lowest BCUT2D eigenvalue weighted by Crippen LogP contribution is -2.26. The SMILES string of the molecule is CC(c1ccc(C(C)(C)C(C)C)cn1)N1CCCC1. The van der Waals surface area contributed by atoms with E-state index in [1.54, 1.807) is 0 Å². The van der Waals surface area contributed by atoms with Crippen molar-refractivity contribution in [2.24, 2.45) is 5.92 Å². The van der Waals surface area contributed by atoms with Crippen LogP contribution >= 0.6 is 0 Å². The minimum absolute atomic E-state index is 0.197. The molecule has 0 bridgehead atoms. The lowest BCUT2D eigenvalue weighted by molar-refractivity contribution is 0.258. The van der Waals surface area contributed by atoms with Gasteiger partial charge in [-0.2, -0.15) is 0 Å². The van der Waals surface area contributed by atoms with Crippen molar-refractivity contribution in [3.05, 3.63) is 29.6 Å². The van der Waals surface area contributed by atoms with Crippen molar-refractivity contribution in [3.63, 3.8) is 0 Å². The number of likely N-dealkylation sites (tertiary alicyclic amines) is 1. The van der Waals surface area contributed by atoms with Gasteiger partial charge in [0.1, 0.15) is 0 Å². The standard InChI is InChI=1S/C17H28N2/c1-13(2)17(4,5)15-8-9-16(18-12-15)14(3)19-10-6-7-11-19/h8-9,12-14H,6-7,10-11H2,1-5H3. The first-order valence-corrected chi connectivity index (χ1v) is 7.63. The number of aromatic nitrogens is 1. The Morgan fingerprint density at radius 2 is 1.74 bits per heavy atom. The third-order valence-electron chi connectivity index (χ3n) is 5.09. The molecule has 1 atom stereocenters. The highest BCUT2D eigenvalue weighted by atomic mass is 15.2. The van der Waals surface area contributed by atoms with Crippen LogP contribution in [-0.4, -0.2) is 23.0 Å². The van der Waals surface area contributed by atoms with Gasteiger partial charge in [-0.05, 0) is 55.8 Å². The summed E-state index contributed by atoms with van der Waals surface area (Å²) < 4.78 is 0. The average molecular weight is 260 g/mol. The zero-order valence-electron chi connectivity index (χ0n) is 13.1. The Bertz CT molecular complexity index is 400. The minimum Gasteiger partial charge on any atom is -0.295 e. The van der Waals surface area contributed by atoms with Crippen LogP contribution in [0.5, 0.6) is 0 Å². The van der Waals surface area contributed by atoms with Crippen LogP contribution in [0.15, 0.2) is 18.3 Å². The summed E-state index contributed by atoms with van der Waals surface area (Å²) >= 11 is 0. The first-order chi connectivity index (χ1) is 8.93. The predicted molar refractivity (Wildman–Crippen MR) is 81.3 cm³/mol. The number of hydrogen-bond acceptors (Lipinski definition) is 2. The second-order valence-electron chi connectivity index (χ2n) is 6.77. The summed E-state index contributed by atoms with van der Waals surface area (Å²) in [7, 11) is 0. The van der Waals surface area contributed by atoms with Gasteiger partial charge >= 0.3 is 0 Å². The Balaban J connectivity index is 2.14. The Morgan fingerprint density at radius 1 is 1.11 bits per heavy atom. The molecular formula is C17H28N2. The summed E-state index contributed by atoms with van der Waals surface area (Å²) in [6.45, 7) is 13.9. The van der Waals surface area contributed by atoms with E-state index in [9.17, 15) is 0 Å². The van der Waals surface area contributed by atoms with Crippen molar-refractivity contribution in [2.45, 2.75) is 58.9 Å². The fourth-order valence-electron chi connectivity index (χ4n) is 2.68. The second-order valence-corrected chi connectivity index (χ2v) is 6.77. The maximum Gasteiger partial charge on any atom is 0.0572 e. The zero-order chi connectivity index (χ0) is 14.0. The zero-order valence-corrected chi connectivity index (χ0v) is 13.1. The van der Waals surface area contributed by atoms with Crippen LogP contribution in [-0.2, 0) is 5.41 Å². The van der Waals surface area contributed by atoms with Crippen molar-refractivity contribution >= 4 is 0 Å². The number of pyridine rings is 1. The highest BCUT2D eigenvalue weighted by molar-refractivity contribution is 5.24. The molecule has 0 spiro atoms. The first kappa shape index (κ1) is 14.5. The molecule has 19 heavy (non-hydrogen) atoms. The molecule has 2 heterocycles. The summed E-state index contributed by atoms with van der Waals surface area (Å²) in [5.41, 5.74) is 2.76.